The van der Waals surface area contributed by atoms with Crippen LogP contribution in [0.2, 0.25) is 0 Å². The summed E-state index contributed by atoms with van der Waals surface area (Å²) in [6, 6.07) is 0. The molecule has 0 aromatic heterocycles. The van der Waals surface area contributed by atoms with Crippen LogP contribution in [0.3, 0.4) is 0 Å². The third-order valence-corrected chi connectivity index (χ3v) is 1.42. The maximum absolute atomic E-state index is 5.29. The van der Waals surface area contributed by atoms with Gasteiger partial charge in [0.2, 0.25) is 0 Å². The van der Waals surface area contributed by atoms with Crippen LogP contribution >= 0.6 is 0 Å². The quantitative estimate of drug-likeness (QED) is 0.553. The molecule has 0 aliphatic rings. The summed E-state index contributed by atoms with van der Waals surface area (Å²) >= 11 is 0. The van der Waals surface area contributed by atoms with Gasteiger partial charge < -0.3 is 14.2 Å². The van der Waals surface area contributed by atoms with Crippen molar-refractivity contribution < 1.29 is 14.2 Å². The molecular weight excluding hydrogens is 144 g/mol. The normalized spacial score (nSPS) is 13.9. The Morgan fingerprint density at radius 2 is 1.55 bits per heavy atom. The zero-order chi connectivity index (χ0) is 8.69. The summed E-state index contributed by atoms with van der Waals surface area (Å²) in [6.07, 6.45) is -0.232. The fraction of sp³-hybridized carbons (Fsp3) is 1.00. The van der Waals surface area contributed by atoms with E-state index in [0.717, 1.165) is 0 Å². The summed E-state index contributed by atoms with van der Waals surface area (Å²) in [5.74, 6) is 0. The highest BCUT2D eigenvalue weighted by atomic mass is 16.7. The lowest BCUT2D eigenvalue weighted by atomic mass is 10.4. The van der Waals surface area contributed by atoms with Gasteiger partial charge in [-0.3, -0.25) is 0 Å². The van der Waals surface area contributed by atoms with Gasteiger partial charge in [-0.2, -0.15) is 0 Å². The first-order chi connectivity index (χ1) is 5.26. The molecule has 0 fully saturated rings. The highest BCUT2D eigenvalue weighted by Gasteiger charge is 2.15. The third-order valence-electron chi connectivity index (χ3n) is 1.42. The van der Waals surface area contributed by atoms with E-state index in [0.29, 0.717) is 13.2 Å². The van der Waals surface area contributed by atoms with Gasteiger partial charge in [0.05, 0.1) is 0 Å². The van der Waals surface area contributed by atoms with Gasteiger partial charge in [0.1, 0.15) is 6.10 Å². The van der Waals surface area contributed by atoms with Crippen LogP contribution in [0.15, 0.2) is 0 Å². The SMILES string of the molecule is CCOC(OCC)[C@@H](C)OC. The lowest BCUT2D eigenvalue weighted by Crippen LogP contribution is -2.31. The van der Waals surface area contributed by atoms with E-state index in [2.05, 4.69) is 0 Å². The summed E-state index contributed by atoms with van der Waals surface area (Å²) in [6.45, 7) is 7.11. The molecule has 0 aromatic rings. The molecule has 0 spiro atoms. The van der Waals surface area contributed by atoms with E-state index in [9.17, 15) is 0 Å². The van der Waals surface area contributed by atoms with Crippen LogP contribution in [0.5, 0.6) is 0 Å². The van der Waals surface area contributed by atoms with E-state index >= 15 is 0 Å². The number of ether oxygens (including phenoxy) is 3. The van der Waals surface area contributed by atoms with Crippen LogP contribution < -0.4 is 0 Å². The summed E-state index contributed by atoms with van der Waals surface area (Å²) in [5.41, 5.74) is 0. The van der Waals surface area contributed by atoms with E-state index in [1.807, 2.05) is 20.8 Å². The number of hydrogen-bond donors (Lipinski definition) is 0. The molecule has 1 atom stereocenters. The minimum absolute atomic E-state index is 0.00472. The van der Waals surface area contributed by atoms with Crippen LogP contribution in [-0.4, -0.2) is 32.7 Å². The van der Waals surface area contributed by atoms with Crippen molar-refractivity contribution in [2.45, 2.75) is 33.2 Å². The Morgan fingerprint density at radius 1 is 1.09 bits per heavy atom. The van der Waals surface area contributed by atoms with Gasteiger partial charge >= 0.3 is 0 Å². The van der Waals surface area contributed by atoms with E-state index in [-0.39, 0.29) is 12.4 Å². The molecule has 0 bridgehead atoms. The minimum atomic E-state index is -0.227. The molecule has 3 heteroatoms. The van der Waals surface area contributed by atoms with Crippen molar-refractivity contribution in [1.82, 2.24) is 0 Å². The van der Waals surface area contributed by atoms with Crippen molar-refractivity contribution in [1.29, 1.82) is 0 Å². The van der Waals surface area contributed by atoms with Crippen molar-refractivity contribution in [3.05, 3.63) is 0 Å². The average Bonchev–Trinajstić information content (AvgIpc) is 2.03. The van der Waals surface area contributed by atoms with E-state index in [1.54, 1.807) is 7.11 Å². The lowest BCUT2D eigenvalue weighted by Gasteiger charge is -2.21. The Balaban J connectivity index is 3.66. The van der Waals surface area contributed by atoms with E-state index in [4.69, 9.17) is 14.2 Å². The lowest BCUT2D eigenvalue weighted by molar-refractivity contribution is -0.191. The molecule has 0 radical (unpaired) electrons. The highest BCUT2D eigenvalue weighted by molar-refractivity contribution is 4.53. The Kier molecular flexibility index (Phi) is 6.51. The zero-order valence-electron chi connectivity index (χ0n) is 7.79. The van der Waals surface area contributed by atoms with Crippen LogP contribution in [0, 0.1) is 0 Å². The summed E-state index contributed by atoms with van der Waals surface area (Å²) in [5, 5.41) is 0. The smallest absolute Gasteiger partial charge is 0.183 e. The Hall–Kier alpha value is -0.120. The number of rotatable bonds is 6. The topological polar surface area (TPSA) is 27.7 Å². The van der Waals surface area contributed by atoms with E-state index < -0.39 is 0 Å². The Morgan fingerprint density at radius 3 is 1.82 bits per heavy atom. The van der Waals surface area contributed by atoms with E-state index in [1.165, 1.54) is 0 Å². The highest BCUT2D eigenvalue weighted by Crippen LogP contribution is 2.04. The average molecular weight is 162 g/mol. The Labute approximate surface area is 68.6 Å². The van der Waals surface area contributed by atoms with Crippen molar-refractivity contribution in [3.8, 4) is 0 Å². The second-order valence-electron chi connectivity index (χ2n) is 2.22. The fourth-order valence-electron chi connectivity index (χ4n) is 0.759. The molecule has 0 saturated heterocycles. The molecule has 0 aromatic carbocycles. The first-order valence-corrected chi connectivity index (χ1v) is 4.02. The van der Waals surface area contributed by atoms with Crippen LogP contribution in [0.1, 0.15) is 20.8 Å². The van der Waals surface area contributed by atoms with Crippen molar-refractivity contribution in [2.24, 2.45) is 0 Å². The number of hydrogen-bond acceptors (Lipinski definition) is 3. The van der Waals surface area contributed by atoms with Gasteiger partial charge in [-0.25, -0.2) is 0 Å². The maximum Gasteiger partial charge on any atom is 0.183 e. The molecule has 0 N–H and O–H groups in total. The van der Waals surface area contributed by atoms with Gasteiger partial charge in [-0.05, 0) is 20.8 Å². The minimum Gasteiger partial charge on any atom is -0.376 e. The Bertz CT molecular complexity index is 79.4. The molecule has 68 valence electrons. The van der Waals surface area contributed by atoms with Gasteiger partial charge in [0.15, 0.2) is 6.29 Å². The monoisotopic (exact) mass is 162 g/mol. The standard InChI is InChI=1S/C8H18O3/c1-5-10-8(11-6-2)7(3)9-4/h7-8H,5-6H2,1-4H3/t7-/m1/s1. The fourth-order valence-corrected chi connectivity index (χ4v) is 0.759. The second-order valence-corrected chi connectivity index (χ2v) is 2.22. The van der Waals surface area contributed by atoms with Crippen molar-refractivity contribution >= 4 is 0 Å². The predicted molar refractivity (Wildman–Crippen MR) is 43.5 cm³/mol. The van der Waals surface area contributed by atoms with Gasteiger partial charge in [0, 0.05) is 20.3 Å². The predicted octanol–water partition coefficient (Wildman–Crippen LogP) is 1.42. The molecule has 3 nitrogen and oxygen atoms in total. The first-order valence-electron chi connectivity index (χ1n) is 4.02. The maximum atomic E-state index is 5.29. The van der Waals surface area contributed by atoms with Gasteiger partial charge in [-0.15, -0.1) is 0 Å². The molecular formula is C8H18O3. The molecule has 0 aliphatic heterocycles. The summed E-state index contributed by atoms with van der Waals surface area (Å²) < 4.78 is 15.6. The molecule has 0 saturated carbocycles. The van der Waals surface area contributed by atoms with Crippen LogP contribution in [0.25, 0.3) is 0 Å². The third kappa shape index (κ3) is 4.35. The van der Waals surface area contributed by atoms with Crippen molar-refractivity contribution in [3.63, 3.8) is 0 Å². The van der Waals surface area contributed by atoms with Gasteiger partial charge in [0.25, 0.3) is 0 Å². The molecule has 0 rings (SSSR count). The molecule has 0 aliphatic carbocycles. The van der Waals surface area contributed by atoms with Gasteiger partial charge in [-0.1, -0.05) is 0 Å². The van der Waals surface area contributed by atoms with Crippen LogP contribution in [0.4, 0.5) is 0 Å². The first kappa shape index (κ1) is 10.9. The summed E-state index contributed by atoms with van der Waals surface area (Å²) in [7, 11) is 1.65. The molecule has 0 heterocycles. The summed E-state index contributed by atoms with van der Waals surface area (Å²) in [4.78, 5) is 0. The number of methoxy groups -OCH3 is 1. The van der Waals surface area contributed by atoms with Crippen LogP contribution in [-0.2, 0) is 14.2 Å². The molecule has 11 heavy (non-hydrogen) atoms. The molecule has 0 amide bonds. The van der Waals surface area contributed by atoms with Crippen molar-refractivity contribution in [2.75, 3.05) is 20.3 Å². The second kappa shape index (κ2) is 6.58. The zero-order valence-corrected chi connectivity index (χ0v) is 7.79. The largest absolute Gasteiger partial charge is 0.376 e. The molecule has 0 unspecified atom stereocenters.